The van der Waals surface area contributed by atoms with E-state index >= 15 is 0 Å². The lowest BCUT2D eigenvalue weighted by Gasteiger charge is -2.00. The van der Waals surface area contributed by atoms with Crippen LogP contribution in [-0.2, 0) is 0 Å². The number of carboxylic acid groups (broad SMARTS) is 1. The number of rotatable bonds is 2. The summed E-state index contributed by atoms with van der Waals surface area (Å²) >= 11 is 0. The predicted molar refractivity (Wildman–Crippen MR) is 39.1 cm³/mol. The van der Waals surface area contributed by atoms with Gasteiger partial charge < -0.3 is 5.11 Å². The van der Waals surface area contributed by atoms with Crippen LogP contribution in [0.1, 0.15) is 16.1 Å². The number of carboxylic acids is 1. The van der Waals surface area contributed by atoms with Crippen molar-refractivity contribution in [3.05, 3.63) is 17.5 Å². The minimum Gasteiger partial charge on any atom is -0.478 e. The van der Waals surface area contributed by atoms with Crippen molar-refractivity contribution in [2.75, 3.05) is 5.48 Å². The van der Waals surface area contributed by atoms with E-state index in [9.17, 15) is 4.79 Å². The van der Waals surface area contributed by atoms with Gasteiger partial charge in [-0.25, -0.2) is 20.2 Å². The van der Waals surface area contributed by atoms with E-state index < -0.39 is 5.97 Å². The van der Waals surface area contributed by atoms with Crippen LogP contribution in [0.3, 0.4) is 0 Å². The highest BCUT2D eigenvalue weighted by molar-refractivity contribution is 5.88. The summed E-state index contributed by atoms with van der Waals surface area (Å²) in [5, 5.41) is 16.9. The highest BCUT2D eigenvalue weighted by Crippen LogP contribution is 2.05. The molecule has 0 aliphatic rings. The van der Waals surface area contributed by atoms with Crippen LogP contribution in [0.25, 0.3) is 0 Å². The van der Waals surface area contributed by atoms with Gasteiger partial charge in [0.1, 0.15) is 0 Å². The number of aromatic nitrogens is 2. The van der Waals surface area contributed by atoms with Gasteiger partial charge in [0.2, 0.25) is 5.95 Å². The lowest BCUT2D eigenvalue weighted by molar-refractivity contribution is 0.0695. The average molecular weight is 169 g/mol. The maximum atomic E-state index is 10.5. The summed E-state index contributed by atoms with van der Waals surface area (Å²) < 4.78 is 0. The number of carbonyl (C=O) groups is 1. The monoisotopic (exact) mass is 169 g/mol. The normalized spacial score (nSPS) is 9.50. The third-order valence-electron chi connectivity index (χ3n) is 1.31. The van der Waals surface area contributed by atoms with Crippen LogP contribution in [-0.4, -0.2) is 26.3 Å². The first-order valence-corrected chi connectivity index (χ1v) is 3.12. The van der Waals surface area contributed by atoms with Crippen molar-refractivity contribution in [1.29, 1.82) is 0 Å². The maximum Gasteiger partial charge on any atom is 0.339 e. The molecule has 6 heteroatoms. The Hall–Kier alpha value is -1.69. The molecule has 1 heterocycles. The van der Waals surface area contributed by atoms with E-state index in [0.717, 1.165) is 6.20 Å². The maximum absolute atomic E-state index is 10.5. The van der Waals surface area contributed by atoms with E-state index in [1.165, 1.54) is 6.92 Å². The van der Waals surface area contributed by atoms with Gasteiger partial charge in [0.25, 0.3) is 0 Å². The summed E-state index contributed by atoms with van der Waals surface area (Å²) in [6.07, 6.45) is 1.13. The van der Waals surface area contributed by atoms with E-state index in [4.69, 9.17) is 10.3 Å². The molecule has 0 saturated heterocycles. The van der Waals surface area contributed by atoms with Gasteiger partial charge in [0, 0.05) is 6.20 Å². The molecule has 0 aliphatic carbocycles. The Morgan fingerprint density at radius 1 is 1.67 bits per heavy atom. The first kappa shape index (κ1) is 8.41. The fourth-order valence-electron chi connectivity index (χ4n) is 0.731. The smallest absolute Gasteiger partial charge is 0.339 e. The number of nitrogens with zero attached hydrogens (tertiary/aromatic N) is 2. The van der Waals surface area contributed by atoms with E-state index in [-0.39, 0.29) is 11.5 Å². The number of aryl methyl sites for hydroxylation is 1. The first-order valence-electron chi connectivity index (χ1n) is 3.12. The molecule has 1 rings (SSSR count). The van der Waals surface area contributed by atoms with Crippen LogP contribution in [0.15, 0.2) is 6.20 Å². The van der Waals surface area contributed by atoms with Crippen LogP contribution in [0.2, 0.25) is 0 Å². The lowest BCUT2D eigenvalue weighted by atomic mass is 10.2. The van der Waals surface area contributed by atoms with Gasteiger partial charge in [0.15, 0.2) is 0 Å². The molecule has 64 valence electrons. The molecule has 0 fully saturated rings. The molecule has 0 aromatic carbocycles. The SMILES string of the molecule is Cc1nc(NO)ncc1C(=O)O. The molecule has 1 aromatic heterocycles. The van der Waals surface area contributed by atoms with Crippen molar-refractivity contribution in [2.45, 2.75) is 6.92 Å². The average Bonchev–Trinajstić information content (AvgIpc) is 2.03. The molecule has 0 bridgehead atoms. The van der Waals surface area contributed by atoms with Crippen molar-refractivity contribution >= 4 is 11.9 Å². The van der Waals surface area contributed by atoms with Crippen LogP contribution < -0.4 is 5.48 Å². The molecule has 0 unspecified atom stereocenters. The van der Waals surface area contributed by atoms with E-state index in [2.05, 4.69) is 9.97 Å². The highest BCUT2D eigenvalue weighted by atomic mass is 16.5. The first-order chi connectivity index (χ1) is 5.65. The number of anilines is 1. The minimum atomic E-state index is -1.09. The Morgan fingerprint density at radius 2 is 2.33 bits per heavy atom. The number of hydrogen-bond acceptors (Lipinski definition) is 5. The molecular formula is C6H7N3O3. The molecule has 6 nitrogen and oxygen atoms in total. The molecular weight excluding hydrogens is 162 g/mol. The molecule has 0 saturated carbocycles. The van der Waals surface area contributed by atoms with Crippen molar-refractivity contribution in [3.8, 4) is 0 Å². The molecule has 12 heavy (non-hydrogen) atoms. The molecule has 0 spiro atoms. The van der Waals surface area contributed by atoms with Crippen LogP contribution in [0.4, 0.5) is 5.95 Å². The number of nitrogens with one attached hydrogen (secondary N) is 1. The molecule has 3 N–H and O–H groups in total. The largest absolute Gasteiger partial charge is 0.478 e. The van der Waals surface area contributed by atoms with Gasteiger partial charge in [-0.2, -0.15) is 0 Å². The van der Waals surface area contributed by atoms with Crippen molar-refractivity contribution < 1.29 is 15.1 Å². The standard InChI is InChI=1S/C6H7N3O3/c1-3-4(5(10)11)2-7-6(8-3)9-12/h2,12H,1H3,(H,10,11)(H,7,8,9). The highest BCUT2D eigenvalue weighted by Gasteiger charge is 2.08. The second-order valence-electron chi connectivity index (χ2n) is 2.11. The Kier molecular flexibility index (Phi) is 2.20. The molecule has 0 aliphatic heterocycles. The predicted octanol–water partition coefficient (Wildman–Crippen LogP) is 0.284. The van der Waals surface area contributed by atoms with Gasteiger partial charge in [-0.15, -0.1) is 0 Å². The molecule has 1 aromatic rings. The van der Waals surface area contributed by atoms with Crippen LogP contribution in [0.5, 0.6) is 0 Å². The number of hydrogen-bond donors (Lipinski definition) is 3. The van der Waals surface area contributed by atoms with Gasteiger partial charge in [-0.05, 0) is 6.92 Å². The summed E-state index contributed by atoms with van der Waals surface area (Å²) in [5.41, 5.74) is 2.04. The van der Waals surface area contributed by atoms with Crippen molar-refractivity contribution in [3.63, 3.8) is 0 Å². The topological polar surface area (TPSA) is 95.3 Å². The molecule has 0 amide bonds. The van der Waals surface area contributed by atoms with Gasteiger partial charge in [-0.1, -0.05) is 0 Å². The molecule has 0 atom stereocenters. The summed E-state index contributed by atoms with van der Waals surface area (Å²) in [5.74, 6) is -1.10. The van der Waals surface area contributed by atoms with E-state index in [1.54, 1.807) is 5.48 Å². The Morgan fingerprint density at radius 3 is 2.75 bits per heavy atom. The summed E-state index contributed by atoms with van der Waals surface area (Å²) in [6, 6.07) is 0. The van der Waals surface area contributed by atoms with Gasteiger partial charge >= 0.3 is 5.97 Å². The Labute approximate surface area is 67.9 Å². The second kappa shape index (κ2) is 3.14. The van der Waals surface area contributed by atoms with Crippen LogP contribution in [0, 0.1) is 6.92 Å². The third-order valence-corrected chi connectivity index (χ3v) is 1.31. The fraction of sp³-hybridized carbons (Fsp3) is 0.167. The van der Waals surface area contributed by atoms with Crippen LogP contribution >= 0.6 is 0 Å². The fourth-order valence-corrected chi connectivity index (χ4v) is 0.731. The summed E-state index contributed by atoms with van der Waals surface area (Å²) in [4.78, 5) is 17.6. The van der Waals surface area contributed by atoms with Gasteiger partial charge in [0.05, 0.1) is 11.3 Å². The van der Waals surface area contributed by atoms with E-state index in [1.807, 2.05) is 0 Å². The number of aromatic carboxylic acids is 1. The second-order valence-corrected chi connectivity index (χ2v) is 2.11. The Bertz CT molecular complexity index is 313. The van der Waals surface area contributed by atoms with Crippen molar-refractivity contribution in [1.82, 2.24) is 9.97 Å². The zero-order valence-corrected chi connectivity index (χ0v) is 6.27. The molecule has 0 radical (unpaired) electrons. The summed E-state index contributed by atoms with van der Waals surface area (Å²) in [7, 11) is 0. The lowest BCUT2D eigenvalue weighted by Crippen LogP contribution is -2.06. The summed E-state index contributed by atoms with van der Waals surface area (Å²) in [6.45, 7) is 1.52. The third kappa shape index (κ3) is 1.48. The van der Waals surface area contributed by atoms with Crippen molar-refractivity contribution in [2.24, 2.45) is 0 Å². The Balaban J connectivity index is 3.12. The zero-order valence-electron chi connectivity index (χ0n) is 6.27. The van der Waals surface area contributed by atoms with Gasteiger partial charge in [-0.3, -0.25) is 5.21 Å². The minimum absolute atomic E-state index is 0.0162. The quantitative estimate of drug-likeness (QED) is 0.550. The zero-order chi connectivity index (χ0) is 9.14. The van der Waals surface area contributed by atoms with E-state index in [0.29, 0.717) is 5.69 Å².